The van der Waals surface area contributed by atoms with E-state index in [1.54, 1.807) is 54.1 Å². The van der Waals surface area contributed by atoms with Gasteiger partial charge in [0.2, 0.25) is 0 Å². The summed E-state index contributed by atoms with van der Waals surface area (Å²) < 4.78 is 12.7. The molecular formula is C36H52N4O6. The van der Waals surface area contributed by atoms with Crippen LogP contribution < -0.4 is 15.4 Å². The lowest BCUT2D eigenvalue weighted by atomic mass is 9.96. The van der Waals surface area contributed by atoms with Gasteiger partial charge in [-0.25, -0.2) is 4.79 Å². The maximum Gasteiger partial charge on any atom is 0.319 e. The highest BCUT2D eigenvalue weighted by Gasteiger charge is 2.31. The second-order valence-corrected chi connectivity index (χ2v) is 13.0. The highest BCUT2D eigenvalue weighted by Crippen LogP contribution is 2.29. The quantitative estimate of drug-likeness (QED) is 0.358. The molecule has 252 valence electrons. The third-order valence-corrected chi connectivity index (χ3v) is 9.07. The van der Waals surface area contributed by atoms with Crippen LogP contribution in [0.2, 0.25) is 0 Å². The van der Waals surface area contributed by atoms with Crippen LogP contribution in [0.4, 0.5) is 10.5 Å². The molecule has 2 aromatic rings. The minimum absolute atomic E-state index is 0.0973. The number of fused-ring (bicyclic) bond motifs is 1. The number of hydrogen-bond donors (Lipinski definition) is 3. The number of carbonyl (C=O) groups is 3. The van der Waals surface area contributed by atoms with Gasteiger partial charge >= 0.3 is 6.03 Å². The first-order valence-corrected chi connectivity index (χ1v) is 16.9. The third kappa shape index (κ3) is 9.93. The highest BCUT2D eigenvalue weighted by atomic mass is 16.5. The predicted molar refractivity (Wildman–Crippen MR) is 179 cm³/mol. The number of ether oxygens (including phenoxy) is 2. The SMILES string of the molecule is C[C@H](CO)N1C[C@H](C)[C@H](CN(C)C(=O)c2ccccc2)OCCCC[C@H](C)Oc2ccc(NC(=O)NC3CCCCC3)cc2C1=O. The number of amides is 4. The van der Waals surface area contributed by atoms with E-state index < -0.39 is 6.04 Å². The van der Waals surface area contributed by atoms with E-state index in [1.807, 2.05) is 32.0 Å². The molecule has 0 unspecified atom stereocenters. The lowest BCUT2D eigenvalue weighted by Crippen LogP contribution is -2.48. The summed E-state index contributed by atoms with van der Waals surface area (Å²) in [6, 6.07) is 13.7. The number of aliphatic hydroxyl groups excluding tert-OH is 1. The standard InChI is InChI=1S/C36H52N4O6/c1-25-22-40(26(2)24-41)35(43)31-21-30(38-36(44)37-29-16-9-6-10-17-29)18-19-32(31)46-27(3)13-11-12-20-45-33(25)23-39(4)34(42)28-14-7-5-8-15-28/h5,7-8,14-15,18-19,21,25-27,29,33,41H,6,9-13,16-17,20,22-24H2,1-4H3,(H2,37,38,44)/t25-,26+,27-,33-/m0/s1. The minimum atomic E-state index is -0.497. The van der Waals surface area contributed by atoms with E-state index >= 15 is 0 Å². The number of aliphatic hydroxyl groups is 1. The summed E-state index contributed by atoms with van der Waals surface area (Å²) in [5.41, 5.74) is 1.41. The van der Waals surface area contributed by atoms with Crippen LogP contribution in [0.25, 0.3) is 0 Å². The molecule has 1 heterocycles. The van der Waals surface area contributed by atoms with Gasteiger partial charge in [0, 0.05) is 50.0 Å². The summed E-state index contributed by atoms with van der Waals surface area (Å²) >= 11 is 0. The lowest BCUT2D eigenvalue weighted by Gasteiger charge is -2.36. The molecule has 46 heavy (non-hydrogen) atoms. The molecule has 4 atom stereocenters. The number of nitrogens with zero attached hydrogens (tertiary/aromatic N) is 2. The predicted octanol–water partition coefficient (Wildman–Crippen LogP) is 5.71. The molecule has 2 aromatic carbocycles. The van der Waals surface area contributed by atoms with Crippen molar-refractivity contribution in [2.75, 3.05) is 38.7 Å². The van der Waals surface area contributed by atoms with Gasteiger partial charge in [-0.1, -0.05) is 44.4 Å². The Morgan fingerprint density at radius 3 is 2.46 bits per heavy atom. The van der Waals surface area contributed by atoms with Crippen molar-refractivity contribution in [1.29, 1.82) is 0 Å². The molecule has 4 rings (SSSR count). The summed E-state index contributed by atoms with van der Waals surface area (Å²) in [6.07, 6.45) is 7.32. The second-order valence-electron chi connectivity index (χ2n) is 13.0. The molecule has 0 spiro atoms. The number of benzene rings is 2. The molecule has 10 nitrogen and oxygen atoms in total. The Balaban J connectivity index is 1.58. The van der Waals surface area contributed by atoms with Crippen LogP contribution in [0.1, 0.15) is 92.9 Å². The van der Waals surface area contributed by atoms with Gasteiger partial charge in [-0.3, -0.25) is 9.59 Å². The normalized spacial score (nSPS) is 22.5. The van der Waals surface area contributed by atoms with Crippen molar-refractivity contribution in [3.05, 3.63) is 59.7 Å². The zero-order chi connectivity index (χ0) is 33.1. The van der Waals surface area contributed by atoms with Crippen molar-refractivity contribution in [3.8, 4) is 5.75 Å². The van der Waals surface area contributed by atoms with Crippen molar-refractivity contribution in [3.63, 3.8) is 0 Å². The first-order valence-electron chi connectivity index (χ1n) is 16.9. The van der Waals surface area contributed by atoms with Gasteiger partial charge in [0.05, 0.1) is 30.4 Å². The first-order chi connectivity index (χ1) is 22.2. The monoisotopic (exact) mass is 636 g/mol. The molecule has 1 saturated carbocycles. The number of urea groups is 1. The van der Waals surface area contributed by atoms with Gasteiger partial charge in [-0.2, -0.15) is 0 Å². The smallest absolute Gasteiger partial charge is 0.319 e. The molecule has 1 fully saturated rings. The van der Waals surface area contributed by atoms with E-state index in [0.29, 0.717) is 35.7 Å². The second kappa shape index (κ2) is 17.3. The van der Waals surface area contributed by atoms with Crippen LogP contribution in [-0.2, 0) is 4.74 Å². The van der Waals surface area contributed by atoms with Crippen molar-refractivity contribution >= 4 is 23.5 Å². The van der Waals surface area contributed by atoms with Crippen LogP contribution >= 0.6 is 0 Å². The summed E-state index contributed by atoms with van der Waals surface area (Å²) in [5, 5.41) is 16.2. The number of likely N-dealkylation sites (N-methyl/N-ethyl adjacent to an activating group) is 1. The van der Waals surface area contributed by atoms with E-state index in [-0.39, 0.29) is 55.2 Å². The first kappa shape index (κ1) is 35.2. The van der Waals surface area contributed by atoms with E-state index in [1.165, 1.54) is 6.42 Å². The Morgan fingerprint density at radius 1 is 1.02 bits per heavy atom. The molecular weight excluding hydrogens is 584 g/mol. The van der Waals surface area contributed by atoms with Crippen LogP contribution in [0.3, 0.4) is 0 Å². The van der Waals surface area contributed by atoms with E-state index in [4.69, 9.17) is 9.47 Å². The Morgan fingerprint density at radius 2 is 1.74 bits per heavy atom. The Bertz CT molecular complexity index is 1280. The van der Waals surface area contributed by atoms with E-state index in [2.05, 4.69) is 10.6 Å². The average Bonchev–Trinajstić information content (AvgIpc) is 3.06. The fourth-order valence-electron chi connectivity index (χ4n) is 6.22. The van der Waals surface area contributed by atoms with E-state index in [0.717, 1.165) is 44.9 Å². The fraction of sp³-hybridized carbons (Fsp3) is 0.583. The fourth-order valence-corrected chi connectivity index (χ4v) is 6.22. The van der Waals surface area contributed by atoms with Gasteiger partial charge in [0.15, 0.2) is 0 Å². The molecule has 10 heteroatoms. The summed E-state index contributed by atoms with van der Waals surface area (Å²) in [6.45, 7) is 6.72. The van der Waals surface area contributed by atoms with Gasteiger partial charge in [0.25, 0.3) is 11.8 Å². The summed E-state index contributed by atoms with van der Waals surface area (Å²) in [5.74, 6) is -0.134. The largest absolute Gasteiger partial charge is 0.490 e. The van der Waals surface area contributed by atoms with Crippen molar-refractivity contribution in [2.24, 2.45) is 5.92 Å². The Labute approximate surface area is 273 Å². The molecule has 4 amide bonds. The summed E-state index contributed by atoms with van der Waals surface area (Å²) in [7, 11) is 1.77. The maximum atomic E-state index is 14.3. The van der Waals surface area contributed by atoms with Crippen molar-refractivity contribution < 1.29 is 29.0 Å². The van der Waals surface area contributed by atoms with Crippen molar-refractivity contribution in [2.45, 2.75) is 96.4 Å². The Hall–Kier alpha value is -3.63. The van der Waals surface area contributed by atoms with Crippen molar-refractivity contribution in [1.82, 2.24) is 15.1 Å². The van der Waals surface area contributed by atoms with Crippen LogP contribution in [0.5, 0.6) is 5.75 Å². The Kier molecular flexibility index (Phi) is 13.3. The lowest BCUT2D eigenvalue weighted by molar-refractivity contribution is -0.0149. The molecule has 2 aliphatic rings. The van der Waals surface area contributed by atoms with Gasteiger partial charge in [-0.15, -0.1) is 0 Å². The number of anilines is 1. The third-order valence-electron chi connectivity index (χ3n) is 9.07. The molecule has 0 bridgehead atoms. The van der Waals surface area contributed by atoms with Crippen LogP contribution in [0.15, 0.2) is 48.5 Å². The van der Waals surface area contributed by atoms with Gasteiger partial charge in [0.1, 0.15) is 5.75 Å². The van der Waals surface area contributed by atoms with Gasteiger partial charge < -0.3 is 35.0 Å². The minimum Gasteiger partial charge on any atom is -0.490 e. The highest BCUT2D eigenvalue weighted by molar-refractivity contribution is 5.99. The zero-order valence-electron chi connectivity index (χ0n) is 27.9. The number of carbonyl (C=O) groups excluding carboxylic acids is 3. The van der Waals surface area contributed by atoms with Crippen LogP contribution in [0, 0.1) is 5.92 Å². The maximum absolute atomic E-state index is 14.3. The number of rotatable bonds is 7. The molecule has 3 N–H and O–H groups in total. The molecule has 0 aromatic heterocycles. The zero-order valence-corrected chi connectivity index (χ0v) is 27.9. The topological polar surface area (TPSA) is 120 Å². The van der Waals surface area contributed by atoms with Gasteiger partial charge in [-0.05, 0) is 76.3 Å². The van der Waals surface area contributed by atoms with E-state index in [9.17, 15) is 19.5 Å². The molecule has 0 saturated heterocycles. The average molecular weight is 637 g/mol. The molecule has 0 radical (unpaired) electrons. The summed E-state index contributed by atoms with van der Waals surface area (Å²) in [4.78, 5) is 43.7. The number of hydrogen-bond acceptors (Lipinski definition) is 6. The number of nitrogens with one attached hydrogen (secondary N) is 2. The molecule has 1 aliphatic heterocycles. The van der Waals surface area contributed by atoms with Crippen LogP contribution in [-0.4, -0.2) is 90.4 Å². The molecule has 1 aliphatic carbocycles.